The van der Waals surface area contributed by atoms with Crippen LogP contribution in [0.4, 0.5) is 0 Å². The molecular weight excluding hydrogens is 316 g/mol. The Labute approximate surface area is 146 Å². The number of fused-ring (bicyclic) bond motifs is 1. The van der Waals surface area contributed by atoms with Crippen LogP contribution in [0, 0.1) is 0 Å². The van der Waals surface area contributed by atoms with Crippen LogP contribution < -0.4 is 0 Å². The lowest BCUT2D eigenvalue weighted by Crippen LogP contribution is -2.33. The lowest BCUT2D eigenvalue weighted by Gasteiger charge is -2.25. The molecule has 0 bridgehead atoms. The molecule has 0 fully saturated rings. The summed E-state index contributed by atoms with van der Waals surface area (Å²) in [7, 11) is 1.71. The van der Waals surface area contributed by atoms with E-state index in [9.17, 15) is 9.59 Å². The number of H-pyrrole nitrogens is 1. The van der Waals surface area contributed by atoms with Gasteiger partial charge < -0.3 is 14.6 Å². The van der Waals surface area contributed by atoms with Crippen molar-refractivity contribution < 1.29 is 14.3 Å². The van der Waals surface area contributed by atoms with Crippen molar-refractivity contribution in [2.75, 3.05) is 13.7 Å². The Balaban J connectivity index is 1.60. The Hall–Kier alpha value is -3.08. The second kappa shape index (κ2) is 7.21. The molecule has 1 aromatic heterocycles. The number of hydrogen-bond donors (Lipinski definition) is 1. The van der Waals surface area contributed by atoms with Gasteiger partial charge in [-0.15, -0.1) is 0 Å². The predicted molar refractivity (Wildman–Crippen MR) is 96.2 cm³/mol. The Morgan fingerprint density at radius 1 is 1.08 bits per heavy atom. The number of nitrogens with one attached hydrogen (secondary N) is 1. The van der Waals surface area contributed by atoms with E-state index in [-0.39, 0.29) is 18.6 Å². The number of aromatic nitrogens is 1. The van der Waals surface area contributed by atoms with E-state index in [4.69, 9.17) is 4.74 Å². The van der Waals surface area contributed by atoms with Gasteiger partial charge in [0, 0.05) is 18.0 Å². The van der Waals surface area contributed by atoms with Crippen molar-refractivity contribution in [3.05, 3.63) is 71.9 Å². The van der Waals surface area contributed by atoms with E-state index in [1.165, 1.54) is 0 Å². The van der Waals surface area contributed by atoms with Gasteiger partial charge in [-0.1, -0.05) is 48.5 Å². The van der Waals surface area contributed by atoms with Crippen LogP contribution in [0.1, 0.15) is 29.0 Å². The van der Waals surface area contributed by atoms with E-state index in [0.29, 0.717) is 5.69 Å². The van der Waals surface area contributed by atoms with Gasteiger partial charge >= 0.3 is 5.97 Å². The van der Waals surface area contributed by atoms with Gasteiger partial charge in [0.25, 0.3) is 5.91 Å². The van der Waals surface area contributed by atoms with E-state index < -0.39 is 5.97 Å². The summed E-state index contributed by atoms with van der Waals surface area (Å²) < 4.78 is 5.17. The Bertz CT molecular complexity index is 853. The number of para-hydroxylation sites is 1. The molecule has 1 heterocycles. The molecule has 25 heavy (non-hydrogen) atoms. The summed E-state index contributed by atoms with van der Waals surface area (Å²) in [5.41, 5.74) is 2.23. The molecule has 2 aromatic carbocycles. The topological polar surface area (TPSA) is 62.4 Å². The fourth-order valence-electron chi connectivity index (χ4n) is 2.66. The Kier molecular flexibility index (Phi) is 4.84. The summed E-state index contributed by atoms with van der Waals surface area (Å²) >= 11 is 0. The number of aromatic amines is 1. The summed E-state index contributed by atoms with van der Waals surface area (Å²) in [5.74, 6) is -0.786. The van der Waals surface area contributed by atoms with Crippen LogP contribution in [0.15, 0.2) is 60.7 Å². The fraction of sp³-hybridized carbons (Fsp3) is 0.200. The van der Waals surface area contributed by atoms with Crippen LogP contribution in [0.5, 0.6) is 0 Å². The maximum atomic E-state index is 12.3. The zero-order valence-corrected chi connectivity index (χ0v) is 14.2. The lowest BCUT2D eigenvalue weighted by molar-refractivity contribution is -0.135. The molecule has 0 aliphatic carbocycles. The third-order valence-electron chi connectivity index (χ3n) is 4.33. The van der Waals surface area contributed by atoms with Crippen molar-refractivity contribution >= 4 is 22.8 Å². The number of nitrogens with zero attached hydrogens (tertiary/aromatic N) is 1. The molecule has 1 N–H and O–H groups in total. The second-order valence-electron chi connectivity index (χ2n) is 5.94. The summed E-state index contributed by atoms with van der Waals surface area (Å²) in [4.78, 5) is 29.0. The van der Waals surface area contributed by atoms with E-state index >= 15 is 0 Å². The standard InChI is InChI=1S/C20H20N2O3/c1-14(15-8-4-3-5-9-15)22(2)19(23)13-25-20(24)18-12-16-10-6-7-11-17(16)21-18/h3-12,14,21H,13H2,1-2H3/t14-/m1/s1. The first-order valence-corrected chi connectivity index (χ1v) is 8.12. The van der Waals surface area contributed by atoms with Gasteiger partial charge in [0.2, 0.25) is 0 Å². The van der Waals surface area contributed by atoms with E-state index in [0.717, 1.165) is 16.5 Å². The third kappa shape index (κ3) is 3.71. The van der Waals surface area contributed by atoms with E-state index in [1.807, 2.05) is 61.5 Å². The van der Waals surface area contributed by atoms with Gasteiger partial charge in [-0.2, -0.15) is 0 Å². The minimum Gasteiger partial charge on any atom is -0.451 e. The Morgan fingerprint density at radius 3 is 2.48 bits per heavy atom. The number of likely N-dealkylation sites (N-methyl/N-ethyl adjacent to an activating group) is 1. The van der Waals surface area contributed by atoms with Crippen LogP contribution in [-0.4, -0.2) is 35.4 Å². The molecule has 3 aromatic rings. The molecule has 0 saturated heterocycles. The highest BCUT2D eigenvalue weighted by molar-refractivity contribution is 5.95. The van der Waals surface area contributed by atoms with Crippen molar-refractivity contribution in [3.63, 3.8) is 0 Å². The maximum Gasteiger partial charge on any atom is 0.355 e. The number of ether oxygens (including phenoxy) is 1. The van der Waals surface area contributed by atoms with Gasteiger partial charge in [-0.25, -0.2) is 4.79 Å². The molecule has 5 nitrogen and oxygen atoms in total. The molecule has 0 aliphatic heterocycles. The normalized spacial score (nSPS) is 11.9. The molecule has 0 aliphatic rings. The van der Waals surface area contributed by atoms with Crippen molar-refractivity contribution in [2.24, 2.45) is 0 Å². The zero-order chi connectivity index (χ0) is 17.8. The molecule has 0 saturated carbocycles. The minimum absolute atomic E-state index is 0.0968. The number of esters is 1. The highest BCUT2D eigenvalue weighted by atomic mass is 16.5. The van der Waals surface area contributed by atoms with Crippen LogP contribution >= 0.6 is 0 Å². The van der Waals surface area contributed by atoms with Crippen molar-refractivity contribution in [1.29, 1.82) is 0 Å². The van der Waals surface area contributed by atoms with Crippen molar-refractivity contribution in [3.8, 4) is 0 Å². The smallest absolute Gasteiger partial charge is 0.355 e. The molecule has 0 radical (unpaired) electrons. The Morgan fingerprint density at radius 2 is 1.76 bits per heavy atom. The third-order valence-corrected chi connectivity index (χ3v) is 4.33. The molecular formula is C20H20N2O3. The lowest BCUT2D eigenvalue weighted by atomic mass is 10.1. The minimum atomic E-state index is -0.537. The maximum absolute atomic E-state index is 12.3. The van der Waals surface area contributed by atoms with Crippen LogP contribution in [0.25, 0.3) is 10.9 Å². The SMILES string of the molecule is C[C@H](c1ccccc1)N(C)C(=O)COC(=O)c1cc2ccccc2[nH]1. The average molecular weight is 336 g/mol. The first-order valence-electron chi connectivity index (χ1n) is 8.12. The molecule has 0 spiro atoms. The van der Waals surface area contributed by atoms with Crippen LogP contribution in [-0.2, 0) is 9.53 Å². The molecule has 1 amide bonds. The number of carbonyl (C=O) groups excluding carboxylic acids is 2. The van der Waals surface area contributed by atoms with Gasteiger partial charge in [-0.05, 0) is 24.6 Å². The second-order valence-corrected chi connectivity index (χ2v) is 5.94. The molecule has 1 atom stereocenters. The fourth-order valence-corrected chi connectivity index (χ4v) is 2.66. The zero-order valence-electron chi connectivity index (χ0n) is 14.2. The van der Waals surface area contributed by atoms with Crippen LogP contribution in [0.2, 0.25) is 0 Å². The first kappa shape index (κ1) is 16.8. The monoisotopic (exact) mass is 336 g/mol. The summed E-state index contributed by atoms with van der Waals surface area (Å²) in [6, 6.07) is 18.9. The summed E-state index contributed by atoms with van der Waals surface area (Å²) in [6.07, 6.45) is 0. The number of amides is 1. The molecule has 3 rings (SSSR count). The van der Waals surface area contributed by atoms with E-state index in [2.05, 4.69) is 4.98 Å². The van der Waals surface area contributed by atoms with Gasteiger partial charge in [0.15, 0.2) is 6.61 Å². The highest BCUT2D eigenvalue weighted by Crippen LogP contribution is 2.19. The average Bonchev–Trinajstić information content (AvgIpc) is 3.09. The first-order chi connectivity index (χ1) is 12.1. The van der Waals surface area contributed by atoms with E-state index in [1.54, 1.807) is 18.0 Å². The molecule has 0 unspecified atom stereocenters. The highest BCUT2D eigenvalue weighted by Gasteiger charge is 2.19. The van der Waals surface area contributed by atoms with Crippen molar-refractivity contribution in [2.45, 2.75) is 13.0 Å². The quantitative estimate of drug-likeness (QED) is 0.725. The van der Waals surface area contributed by atoms with Gasteiger partial charge in [0.1, 0.15) is 5.69 Å². The summed E-state index contributed by atoms with van der Waals surface area (Å²) in [6.45, 7) is 1.65. The summed E-state index contributed by atoms with van der Waals surface area (Å²) in [5, 5.41) is 0.926. The number of rotatable bonds is 5. The van der Waals surface area contributed by atoms with Crippen molar-refractivity contribution in [1.82, 2.24) is 9.88 Å². The van der Waals surface area contributed by atoms with Crippen LogP contribution in [0.3, 0.4) is 0 Å². The predicted octanol–water partition coefficient (Wildman–Crippen LogP) is 3.54. The number of hydrogen-bond acceptors (Lipinski definition) is 3. The number of benzene rings is 2. The number of carbonyl (C=O) groups is 2. The molecule has 128 valence electrons. The van der Waals surface area contributed by atoms with Gasteiger partial charge in [-0.3, -0.25) is 4.79 Å². The van der Waals surface area contributed by atoms with Gasteiger partial charge in [0.05, 0.1) is 6.04 Å². The largest absolute Gasteiger partial charge is 0.451 e. The molecule has 5 heteroatoms.